The SMILES string of the molecule is Nc1cc2c(=O)c3c(N)c(N)c(N)c(N)c3oc2c(N)c1-c1coc2c(N)c(N)c(N)c(N)c2c1=O. The van der Waals surface area contributed by atoms with Crippen molar-refractivity contribution in [1.29, 1.82) is 0 Å². The first kappa shape index (κ1) is 22.1. The Labute approximate surface area is 200 Å². The third-order valence-electron chi connectivity index (χ3n) is 6.28. The highest BCUT2D eigenvalue weighted by molar-refractivity contribution is 6.14. The van der Waals surface area contributed by atoms with Gasteiger partial charge in [-0.2, -0.15) is 0 Å². The number of fused-ring (bicyclic) bond motifs is 3. The summed E-state index contributed by atoms with van der Waals surface area (Å²) in [5.74, 6) is 0. The van der Waals surface area contributed by atoms with E-state index in [0.29, 0.717) is 0 Å². The summed E-state index contributed by atoms with van der Waals surface area (Å²) >= 11 is 0. The topological polar surface area (TPSA) is 321 Å². The average Bonchev–Trinajstić information content (AvgIpc) is 2.84. The van der Waals surface area contributed by atoms with Crippen LogP contribution in [0.5, 0.6) is 0 Å². The van der Waals surface area contributed by atoms with Crippen LogP contribution in [0.4, 0.5) is 56.9 Å². The van der Waals surface area contributed by atoms with Gasteiger partial charge in [-0.15, -0.1) is 0 Å². The van der Waals surface area contributed by atoms with Gasteiger partial charge < -0.3 is 66.2 Å². The second-order valence-corrected chi connectivity index (χ2v) is 8.26. The highest BCUT2D eigenvalue weighted by atomic mass is 16.3. The fourth-order valence-corrected chi connectivity index (χ4v) is 4.29. The predicted octanol–water partition coefficient (Wildman–Crippen LogP) is 0.542. The lowest BCUT2D eigenvalue weighted by Crippen LogP contribution is -2.15. The van der Waals surface area contributed by atoms with Crippen LogP contribution in [0.15, 0.2) is 30.8 Å². The van der Waals surface area contributed by atoms with Crippen LogP contribution in [-0.4, -0.2) is 0 Å². The zero-order valence-electron chi connectivity index (χ0n) is 18.6. The van der Waals surface area contributed by atoms with Crippen LogP contribution in [0.25, 0.3) is 44.0 Å². The zero-order valence-corrected chi connectivity index (χ0v) is 18.6. The van der Waals surface area contributed by atoms with Crippen LogP contribution in [0.1, 0.15) is 0 Å². The molecule has 0 bridgehead atoms. The summed E-state index contributed by atoms with van der Waals surface area (Å²) in [4.78, 5) is 26.8. The summed E-state index contributed by atoms with van der Waals surface area (Å²) in [6.45, 7) is 0. The van der Waals surface area contributed by atoms with E-state index in [9.17, 15) is 9.59 Å². The van der Waals surface area contributed by atoms with Crippen molar-refractivity contribution in [2.24, 2.45) is 0 Å². The first-order valence-electron chi connectivity index (χ1n) is 10.3. The Balaban J connectivity index is 1.94. The molecule has 0 aliphatic rings. The summed E-state index contributed by atoms with van der Waals surface area (Å²) in [6, 6.07) is 1.28. The maximum atomic E-state index is 13.5. The van der Waals surface area contributed by atoms with Crippen LogP contribution in [0.3, 0.4) is 0 Å². The summed E-state index contributed by atoms with van der Waals surface area (Å²) in [6.07, 6.45) is 1.09. The molecular formula is C22H22N10O4. The molecule has 0 amide bonds. The number of nitrogen functional groups attached to an aromatic ring is 10. The molecular weight excluding hydrogens is 468 g/mol. The Bertz CT molecular complexity index is 1940. The third kappa shape index (κ3) is 2.54. The molecule has 14 nitrogen and oxygen atoms in total. The minimum atomic E-state index is -0.645. The molecule has 0 spiro atoms. The minimum Gasteiger partial charge on any atom is -0.461 e. The molecule has 0 aliphatic heterocycles. The number of hydrogen-bond acceptors (Lipinski definition) is 14. The lowest BCUT2D eigenvalue weighted by atomic mass is 9.97. The van der Waals surface area contributed by atoms with Gasteiger partial charge in [-0.1, -0.05) is 0 Å². The van der Waals surface area contributed by atoms with Crippen molar-refractivity contribution < 1.29 is 8.83 Å². The molecule has 3 aromatic carbocycles. The Morgan fingerprint density at radius 3 is 1.61 bits per heavy atom. The van der Waals surface area contributed by atoms with E-state index in [-0.39, 0.29) is 101 Å². The van der Waals surface area contributed by atoms with E-state index in [2.05, 4.69) is 0 Å². The van der Waals surface area contributed by atoms with Gasteiger partial charge >= 0.3 is 0 Å². The van der Waals surface area contributed by atoms with Crippen molar-refractivity contribution in [3.05, 3.63) is 32.8 Å². The highest BCUT2D eigenvalue weighted by Gasteiger charge is 2.25. The normalized spacial score (nSPS) is 11.6. The molecule has 20 N–H and O–H groups in total. The fourth-order valence-electron chi connectivity index (χ4n) is 4.29. The molecule has 2 heterocycles. The maximum absolute atomic E-state index is 13.5. The Morgan fingerprint density at radius 1 is 0.528 bits per heavy atom. The Kier molecular flexibility index (Phi) is 4.26. The van der Waals surface area contributed by atoms with E-state index in [1.165, 1.54) is 6.07 Å². The lowest BCUT2D eigenvalue weighted by molar-refractivity contribution is 0.606. The Morgan fingerprint density at radius 2 is 1.03 bits per heavy atom. The van der Waals surface area contributed by atoms with Crippen molar-refractivity contribution >= 4 is 89.8 Å². The number of hydrogen-bond donors (Lipinski definition) is 10. The zero-order chi connectivity index (χ0) is 26.4. The van der Waals surface area contributed by atoms with Gasteiger partial charge in [0, 0.05) is 11.3 Å². The van der Waals surface area contributed by atoms with Gasteiger partial charge in [0.1, 0.15) is 17.6 Å². The van der Waals surface area contributed by atoms with E-state index in [1.54, 1.807) is 0 Å². The van der Waals surface area contributed by atoms with Crippen LogP contribution >= 0.6 is 0 Å². The molecule has 0 unspecified atom stereocenters. The molecule has 14 heteroatoms. The molecule has 0 radical (unpaired) electrons. The van der Waals surface area contributed by atoms with Crippen molar-refractivity contribution in [2.45, 2.75) is 0 Å². The summed E-state index contributed by atoms with van der Waals surface area (Å²) in [5.41, 5.74) is 57.9. The van der Waals surface area contributed by atoms with E-state index >= 15 is 0 Å². The minimum absolute atomic E-state index is 0.0176. The standard InChI is InChI=1S/C22H22N10O4/c23-5-1-3-18(33)8-10(25)13(28)15(30)17(32)22(8)36-20(3)11(26)6(5)4-2-35-21-7(19(4)34)9(24)12(27)14(29)16(21)31/h1-2H,23-32H2. The average molecular weight is 490 g/mol. The smallest absolute Gasteiger partial charge is 0.202 e. The largest absolute Gasteiger partial charge is 0.461 e. The Hall–Kier alpha value is -5.66. The summed E-state index contributed by atoms with van der Waals surface area (Å²) in [7, 11) is 0. The molecule has 184 valence electrons. The van der Waals surface area contributed by atoms with Gasteiger partial charge in [-0.25, -0.2) is 0 Å². The fraction of sp³-hybridized carbons (Fsp3) is 0. The lowest BCUT2D eigenvalue weighted by Gasteiger charge is -2.16. The molecule has 0 atom stereocenters. The molecule has 5 aromatic rings. The van der Waals surface area contributed by atoms with Crippen molar-refractivity contribution in [2.75, 3.05) is 57.3 Å². The van der Waals surface area contributed by atoms with Gasteiger partial charge in [0.2, 0.25) is 10.9 Å². The monoisotopic (exact) mass is 490 g/mol. The van der Waals surface area contributed by atoms with Gasteiger partial charge in [0.05, 0.1) is 61.5 Å². The molecule has 36 heavy (non-hydrogen) atoms. The van der Waals surface area contributed by atoms with Crippen LogP contribution in [-0.2, 0) is 0 Å². The van der Waals surface area contributed by atoms with E-state index in [1.807, 2.05) is 0 Å². The summed E-state index contributed by atoms with van der Waals surface area (Å²) < 4.78 is 11.5. The van der Waals surface area contributed by atoms with Crippen molar-refractivity contribution in [3.63, 3.8) is 0 Å². The molecule has 0 fully saturated rings. The molecule has 0 saturated heterocycles. The van der Waals surface area contributed by atoms with Crippen molar-refractivity contribution in [1.82, 2.24) is 0 Å². The second-order valence-electron chi connectivity index (χ2n) is 8.26. The maximum Gasteiger partial charge on any atom is 0.202 e. The number of rotatable bonds is 1. The van der Waals surface area contributed by atoms with E-state index in [0.717, 1.165) is 6.26 Å². The number of benzene rings is 3. The molecule has 0 saturated carbocycles. The predicted molar refractivity (Wildman–Crippen MR) is 146 cm³/mol. The van der Waals surface area contributed by atoms with Gasteiger partial charge in [0.25, 0.3) is 0 Å². The van der Waals surface area contributed by atoms with Crippen LogP contribution < -0.4 is 68.2 Å². The van der Waals surface area contributed by atoms with Gasteiger partial charge in [-0.05, 0) is 6.07 Å². The first-order chi connectivity index (χ1) is 16.9. The van der Waals surface area contributed by atoms with E-state index < -0.39 is 10.9 Å². The van der Waals surface area contributed by atoms with Gasteiger partial charge in [0.15, 0.2) is 16.7 Å². The van der Waals surface area contributed by atoms with E-state index in [4.69, 9.17) is 66.2 Å². The quantitative estimate of drug-likeness (QED) is 0.113. The summed E-state index contributed by atoms with van der Waals surface area (Å²) in [5, 5.41) is -0.224. The molecule has 2 aromatic heterocycles. The van der Waals surface area contributed by atoms with Crippen LogP contribution in [0, 0.1) is 0 Å². The first-order valence-corrected chi connectivity index (χ1v) is 10.3. The second kappa shape index (κ2) is 6.92. The molecule has 0 aliphatic carbocycles. The van der Waals surface area contributed by atoms with Gasteiger partial charge in [-0.3, -0.25) is 9.59 Å². The third-order valence-corrected chi connectivity index (χ3v) is 6.28. The molecule has 5 rings (SSSR count). The number of anilines is 10. The van der Waals surface area contributed by atoms with Crippen molar-refractivity contribution in [3.8, 4) is 11.1 Å². The highest BCUT2D eigenvalue weighted by Crippen LogP contribution is 2.43. The van der Waals surface area contributed by atoms with Crippen LogP contribution in [0.2, 0.25) is 0 Å². The number of nitrogens with two attached hydrogens (primary N) is 10.